The summed E-state index contributed by atoms with van der Waals surface area (Å²) < 4.78 is 0.782. The van der Waals surface area contributed by atoms with Gasteiger partial charge >= 0.3 is 0 Å². The van der Waals surface area contributed by atoms with Crippen LogP contribution in [-0.4, -0.2) is 40.2 Å². The van der Waals surface area contributed by atoms with Crippen LogP contribution in [0.15, 0.2) is 12.5 Å². The number of nitrogens with zero attached hydrogens (tertiary/aromatic N) is 4. The lowest BCUT2D eigenvalue weighted by atomic mass is 10.3. The minimum absolute atomic E-state index is 0.152. The molecule has 8 heteroatoms. The topological polar surface area (TPSA) is 125 Å². The zero-order valence-corrected chi connectivity index (χ0v) is 7.39. The molecule has 0 spiro atoms. The van der Waals surface area contributed by atoms with Crippen LogP contribution in [0.1, 0.15) is 18.4 Å². The summed E-state index contributed by atoms with van der Waals surface area (Å²) in [5.74, 6) is 0. The molecule has 0 aliphatic carbocycles. The molecule has 80 valence electrons. The maximum absolute atomic E-state index is 8.97. The predicted molar refractivity (Wildman–Crippen MR) is 46.0 cm³/mol. The van der Waals surface area contributed by atoms with E-state index in [9.17, 15) is 0 Å². The van der Waals surface area contributed by atoms with Gasteiger partial charge in [-0.25, -0.2) is 14.6 Å². The molecular weight excluding hydrogens is 204 g/mol. The van der Waals surface area contributed by atoms with E-state index < -0.39 is 12.7 Å². The number of aliphatic hydroxyl groups excluding tert-OH is 2. The molecule has 2 heterocycles. The molecule has 0 aromatic carbocycles. The van der Waals surface area contributed by atoms with Gasteiger partial charge < -0.3 is 20.4 Å². The molecule has 8 nitrogen and oxygen atoms in total. The van der Waals surface area contributed by atoms with E-state index in [1.165, 1.54) is 12.5 Å². The molecule has 0 amide bonds. The van der Waals surface area contributed by atoms with Crippen LogP contribution < -0.4 is 0 Å². The van der Waals surface area contributed by atoms with E-state index >= 15 is 0 Å². The normalized spacial score (nSPS) is 11.9. The van der Waals surface area contributed by atoms with Crippen LogP contribution in [0.2, 0.25) is 0 Å². The third-order valence-electron chi connectivity index (χ3n) is 1.86. The second-order valence-corrected chi connectivity index (χ2v) is 2.81. The Bertz CT molecular complexity index is 439. The summed E-state index contributed by atoms with van der Waals surface area (Å²) in [5, 5.41) is 39.5. The van der Waals surface area contributed by atoms with Crippen molar-refractivity contribution < 1.29 is 20.4 Å². The van der Waals surface area contributed by atoms with Crippen molar-refractivity contribution >= 4 is 11.0 Å². The lowest BCUT2D eigenvalue weighted by Crippen LogP contribution is -2.09. The van der Waals surface area contributed by atoms with Gasteiger partial charge in [0.2, 0.25) is 0 Å². The molecule has 0 atom stereocenters. The Kier molecular flexibility index (Phi) is 2.32. The van der Waals surface area contributed by atoms with E-state index in [1.807, 2.05) is 0 Å². The van der Waals surface area contributed by atoms with E-state index in [1.54, 1.807) is 0 Å². The number of hydrogen-bond acceptors (Lipinski definition) is 7. The van der Waals surface area contributed by atoms with Crippen LogP contribution in [0.3, 0.4) is 0 Å². The van der Waals surface area contributed by atoms with Gasteiger partial charge in [0.05, 0.1) is 6.20 Å². The van der Waals surface area contributed by atoms with Gasteiger partial charge in [-0.3, -0.25) is 0 Å². The third kappa shape index (κ3) is 1.55. The van der Waals surface area contributed by atoms with Gasteiger partial charge in [-0.05, 0) is 0 Å². The summed E-state index contributed by atoms with van der Waals surface area (Å²) in [6, 6.07) is 0. The molecule has 2 rings (SSSR count). The highest BCUT2D eigenvalue weighted by atomic mass is 16.5. The van der Waals surface area contributed by atoms with E-state index in [0.29, 0.717) is 0 Å². The second-order valence-electron chi connectivity index (χ2n) is 2.81. The molecule has 0 fully saturated rings. The summed E-state index contributed by atoms with van der Waals surface area (Å²) in [6.45, 7) is 0. The van der Waals surface area contributed by atoms with Crippen molar-refractivity contribution in [1.29, 1.82) is 0 Å². The number of hydrogen-bond donors (Lipinski definition) is 4. The highest BCUT2D eigenvalue weighted by Crippen LogP contribution is 2.20. The molecule has 0 saturated heterocycles. The quantitative estimate of drug-likeness (QED) is 0.435. The maximum atomic E-state index is 8.97. The van der Waals surface area contributed by atoms with Crippen LogP contribution in [0.4, 0.5) is 0 Å². The zero-order chi connectivity index (χ0) is 11.0. The standard InChI is InChI=1S/C7H8N4O4/c12-6(13)5-4-3(1-8-2-9-4)11(10-5)7(14)15/h1-2,6-7,12-15H. The summed E-state index contributed by atoms with van der Waals surface area (Å²) in [6.07, 6.45) is -1.22. The van der Waals surface area contributed by atoms with Gasteiger partial charge in [0.15, 0.2) is 6.29 Å². The largest absolute Gasteiger partial charge is 0.363 e. The molecule has 0 radical (unpaired) electrons. The minimum Gasteiger partial charge on any atom is -0.363 e. The first-order chi connectivity index (χ1) is 7.11. The lowest BCUT2D eigenvalue weighted by Gasteiger charge is -2.03. The molecule has 0 aliphatic rings. The molecule has 0 bridgehead atoms. The summed E-state index contributed by atoms with van der Waals surface area (Å²) in [5.41, 5.74) is 0.212. The van der Waals surface area contributed by atoms with Gasteiger partial charge in [0, 0.05) is 0 Å². The van der Waals surface area contributed by atoms with Crippen molar-refractivity contribution in [2.45, 2.75) is 12.7 Å². The van der Waals surface area contributed by atoms with Crippen LogP contribution in [0.25, 0.3) is 11.0 Å². The van der Waals surface area contributed by atoms with Gasteiger partial charge in [-0.1, -0.05) is 0 Å². The van der Waals surface area contributed by atoms with Gasteiger partial charge in [0.25, 0.3) is 6.41 Å². The highest BCUT2D eigenvalue weighted by molar-refractivity contribution is 5.76. The predicted octanol–water partition coefficient (Wildman–Crippen LogP) is -1.75. The minimum atomic E-state index is -1.88. The molecule has 0 unspecified atom stereocenters. The molecule has 2 aromatic heterocycles. The van der Waals surface area contributed by atoms with Gasteiger partial charge in [-0.15, -0.1) is 0 Å². The Morgan fingerprint density at radius 2 is 1.93 bits per heavy atom. The number of fused-ring (bicyclic) bond motifs is 1. The Labute approximate surface area is 83.1 Å². The summed E-state index contributed by atoms with van der Waals surface area (Å²) in [7, 11) is 0. The Morgan fingerprint density at radius 3 is 2.53 bits per heavy atom. The Balaban J connectivity index is 2.73. The number of aliphatic hydroxyl groups is 4. The van der Waals surface area contributed by atoms with Crippen LogP contribution >= 0.6 is 0 Å². The van der Waals surface area contributed by atoms with Crippen LogP contribution in [0.5, 0.6) is 0 Å². The van der Waals surface area contributed by atoms with Crippen molar-refractivity contribution in [1.82, 2.24) is 19.7 Å². The summed E-state index contributed by atoms with van der Waals surface area (Å²) >= 11 is 0. The summed E-state index contributed by atoms with van der Waals surface area (Å²) in [4.78, 5) is 7.44. The van der Waals surface area contributed by atoms with E-state index in [2.05, 4.69) is 15.1 Å². The van der Waals surface area contributed by atoms with Crippen molar-refractivity contribution in [3.63, 3.8) is 0 Å². The first kappa shape index (κ1) is 9.93. The molecule has 0 aliphatic heterocycles. The first-order valence-corrected chi connectivity index (χ1v) is 4.01. The van der Waals surface area contributed by atoms with Gasteiger partial charge in [-0.2, -0.15) is 5.10 Å². The van der Waals surface area contributed by atoms with E-state index in [4.69, 9.17) is 20.4 Å². The van der Waals surface area contributed by atoms with Crippen molar-refractivity contribution in [3.05, 3.63) is 18.2 Å². The van der Waals surface area contributed by atoms with Crippen molar-refractivity contribution in [2.75, 3.05) is 0 Å². The fourth-order valence-corrected chi connectivity index (χ4v) is 1.25. The van der Waals surface area contributed by atoms with Gasteiger partial charge in [0.1, 0.15) is 23.1 Å². The van der Waals surface area contributed by atoms with Crippen LogP contribution in [0, 0.1) is 0 Å². The lowest BCUT2D eigenvalue weighted by molar-refractivity contribution is -0.109. The smallest absolute Gasteiger partial charge is 0.255 e. The SMILES string of the molecule is OC(O)c1nn(C(O)O)c2cncnc12. The maximum Gasteiger partial charge on any atom is 0.255 e. The first-order valence-electron chi connectivity index (χ1n) is 4.01. The Hall–Kier alpha value is -1.61. The number of rotatable bonds is 2. The second kappa shape index (κ2) is 3.51. The fraction of sp³-hybridized carbons (Fsp3) is 0.286. The zero-order valence-electron chi connectivity index (χ0n) is 7.39. The van der Waals surface area contributed by atoms with Crippen molar-refractivity contribution in [2.24, 2.45) is 0 Å². The van der Waals surface area contributed by atoms with E-state index in [0.717, 1.165) is 4.68 Å². The molecule has 0 saturated carbocycles. The molecule has 4 N–H and O–H groups in total. The third-order valence-corrected chi connectivity index (χ3v) is 1.86. The van der Waals surface area contributed by atoms with Crippen LogP contribution in [-0.2, 0) is 0 Å². The molecule has 2 aromatic rings. The number of aromatic nitrogens is 4. The molecular formula is C7H8N4O4. The Morgan fingerprint density at radius 1 is 1.20 bits per heavy atom. The average Bonchev–Trinajstić information content (AvgIpc) is 2.56. The van der Waals surface area contributed by atoms with Crippen molar-refractivity contribution in [3.8, 4) is 0 Å². The monoisotopic (exact) mass is 212 g/mol. The molecule has 15 heavy (non-hydrogen) atoms. The highest BCUT2D eigenvalue weighted by Gasteiger charge is 2.19. The van der Waals surface area contributed by atoms with E-state index in [-0.39, 0.29) is 16.7 Å². The fourth-order valence-electron chi connectivity index (χ4n) is 1.25. The average molecular weight is 212 g/mol.